The van der Waals surface area contributed by atoms with Crippen LogP contribution in [0.3, 0.4) is 0 Å². The second-order valence-corrected chi connectivity index (χ2v) is 12.6. The van der Waals surface area contributed by atoms with Crippen LogP contribution in [0.25, 0.3) is 0 Å². The molecule has 0 radical (unpaired) electrons. The van der Waals surface area contributed by atoms with Gasteiger partial charge in [0.05, 0.1) is 6.61 Å². The number of aryl methyl sites for hydroxylation is 1. The molecule has 9 nitrogen and oxygen atoms in total. The summed E-state index contributed by atoms with van der Waals surface area (Å²) >= 11 is 0. The molecule has 0 saturated carbocycles. The first-order valence-corrected chi connectivity index (χ1v) is 18.4. The number of nitrogens with zero attached hydrogens (tertiary/aromatic N) is 1. The molecule has 0 bridgehead atoms. The van der Waals surface area contributed by atoms with E-state index in [1.165, 1.54) is 57.8 Å². The molecule has 0 aliphatic rings. The number of hydrogen-bond donors (Lipinski definition) is 3. The molecule has 46 heavy (non-hydrogen) atoms. The van der Waals surface area contributed by atoms with Crippen LogP contribution in [0.4, 0.5) is 0 Å². The topological polar surface area (TPSA) is 131 Å². The van der Waals surface area contributed by atoms with Gasteiger partial charge >= 0.3 is 5.97 Å². The number of unbranched alkanes of at least 4 members (excludes halogenated alkanes) is 16. The third-order valence-electron chi connectivity index (χ3n) is 8.37. The van der Waals surface area contributed by atoms with E-state index in [1.54, 1.807) is 19.2 Å². The van der Waals surface area contributed by atoms with Crippen LogP contribution in [0, 0.1) is 0 Å². The van der Waals surface area contributed by atoms with Gasteiger partial charge in [0.15, 0.2) is 12.4 Å². The maximum Gasteiger partial charge on any atom is 0.328 e. The lowest BCUT2D eigenvalue weighted by atomic mass is 10.1. The van der Waals surface area contributed by atoms with Crippen molar-refractivity contribution in [3.63, 3.8) is 0 Å². The summed E-state index contributed by atoms with van der Waals surface area (Å²) in [5, 5.41) is 5.87. The molecule has 0 aliphatic carbocycles. The summed E-state index contributed by atoms with van der Waals surface area (Å²) in [6.07, 6.45) is 26.4. The molecule has 0 saturated heterocycles. The monoisotopic (exact) mass is 645 g/mol. The molecule has 1 aromatic heterocycles. The minimum atomic E-state index is -0.637. The van der Waals surface area contributed by atoms with Crippen LogP contribution in [0.2, 0.25) is 0 Å². The van der Waals surface area contributed by atoms with E-state index in [4.69, 9.17) is 10.5 Å². The molecule has 0 unspecified atom stereocenters. The van der Waals surface area contributed by atoms with Crippen LogP contribution < -0.4 is 20.9 Å². The zero-order chi connectivity index (χ0) is 33.7. The van der Waals surface area contributed by atoms with Gasteiger partial charge < -0.3 is 21.1 Å². The molecule has 3 amide bonds. The van der Waals surface area contributed by atoms with Crippen molar-refractivity contribution in [1.29, 1.82) is 0 Å². The first-order valence-electron chi connectivity index (χ1n) is 18.4. The average molecular weight is 646 g/mol. The number of amides is 3. The molecule has 1 aromatic rings. The van der Waals surface area contributed by atoms with Crippen LogP contribution in [-0.2, 0) is 25.7 Å². The van der Waals surface area contributed by atoms with Crippen molar-refractivity contribution < 1.29 is 28.5 Å². The Morgan fingerprint density at radius 2 is 1.30 bits per heavy atom. The number of aromatic nitrogens is 1. The smallest absolute Gasteiger partial charge is 0.328 e. The van der Waals surface area contributed by atoms with Crippen molar-refractivity contribution in [2.75, 3.05) is 13.2 Å². The highest BCUT2D eigenvalue weighted by atomic mass is 16.5. The second kappa shape index (κ2) is 28.3. The van der Waals surface area contributed by atoms with Crippen molar-refractivity contribution in [2.45, 2.75) is 168 Å². The van der Waals surface area contributed by atoms with Gasteiger partial charge in [0, 0.05) is 31.9 Å². The maximum atomic E-state index is 12.5. The average Bonchev–Trinajstić information content (AvgIpc) is 3.04. The summed E-state index contributed by atoms with van der Waals surface area (Å²) in [4.78, 5) is 48.4. The highest BCUT2D eigenvalue weighted by molar-refractivity contribution is 5.92. The Kier molecular flexibility index (Phi) is 25.2. The molecular weight excluding hydrogens is 580 g/mol. The Bertz CT molecular complexity index is 971. The number of rotatable bonds is 30. The van der Waals surface area contributed by atoms with Gasteiger partial charge in [0.1, 0.15) is 18.2 Å². The van der Waals surface area contributed by atoms with Gasteiger partial charge in [-0.05, 0) is 51.5 Å². The van der Waals surface area contributed by atoms with Crippen molar-refractivity contribution in [2.24, 2.45) is 5.73 Å². The molecule has 4 N–H and O–H groups in total. The van der Waals surface area contributed by atoms with E-state index in [2.05, 4.69) is 17.6 Å². The van der Waals surface area contributed by atoms with Crippen molar-refractivity contribution in [3.05, 3.63) is 30.1 Å². The predicted molar refractivity (Wildman–Crippen MR) is 184 cm³/mol. The molecule has 0 fully saturated rings. The number of carbonyl (C=O) groups excluding carboxylic acids is 4. The van der Waals surface area contributed by atoms with Crippen LogP contribution >= 0.6 is 0 Å². The lowest BCUT2D eigenvalue weighted by Gasteiger charge is -2.17. The van der Waals surface area contributed by atoms with E-state index in [9.17, 15) is 19.2 Å². The molecule has 262 valence electrons. The molecule has 9 heteroatoms. The van der Waals surface area contributed by atoms with E-state index in [1.807, 2.05) is 16.8 Å². The fourth-order valence-electron chi connectivity index (χ4n) is 5.59. The van der Waals surface area contributed by atoms with Crippen LogP contribution in [0.1, 0.15) is 165 Å². The number of nitrogens with two attached hydrogens (primary N) is 1. The van der Waals surface area contributed by atoms with Gasteiger partial charge in [-0.25, -0.2) is 9.36 Å². The minimum Gasteiger partial charge on any atom is -0.464 e. The van der Waals surface area contributed by atoms with E-state index >= 15 is 0 Å². The molecule has 0 aromatic carbocycles. The zero-order valence-electron chi connectivity index (χ0n) is 29.1. The van der Waals surface area contributed by atoms with E-state index in [-0.39, 0.29) is 24.4 Å². The predicted octanol–water partition coefficient (Wildman–Crippen LogP) is 6.84. The van der Waals surface area contributed by atoms with Gasteiger partial charge in [0.25, 0.3) is 5.91 Å². The molecular formula is C37H65N4O5+. The van der Waals surface area contributed by atoms with Gasteiger partial charge in [-0.3, -0.25) is 14.4 Å². The third kappa shape index (κ3) is 22.5. The molecule has 1 heterocycles. The quantitative estimate of drug-likeness (QED) is 0.0479. The lowest BCUT2D eigenvalue weighted by molar-refractivity contribution is -0.697. The fraction of sp³-hybridized carbons (Fsp3) is 0.757. The zero-order valence-corrected chi connectivity index (χ0v) is 29.1. The first kappa shape index (κ1) is 41.1. The summed E-state index contributed by atoms with van der Waals surface area (Å²) in [6, 6.07) is 2.94. The molecule has 1 rings (SSSR count). The van der Waals surface area contributed by atoms with Crippen LogP contribution in [0.5, 0.6) is 0 Å². The SMILES string of the molecule is CCCCCCCCCCCC(=O)NCCCC[C@H](NC(=O)CCCCCCCCCC[n+]1cccc(C(N)=O)c1)C(=O)OCC. The Hall–Kier alpha value is -2.97. The second-order valence-electron chi connectivity index (χ2n) is 12.6. The van der Waals surface area contributed by atoms with Gasteiger partial charge in [-0.15, -0.1) is 0 Å². The Labute approximate surface area is 279 Å². The Morgan fingerprint density at radius 3 is 1.89 bits per heavy atom. The number of carbonyl (C=O) groups is 4. The Balaban J connectivity index is 2.09. The maximum absolute atomic E-state index is 12.5. The van der Waals surface area contributed by atoms with Crippen LogP contribution in [0.15, 0.2) is 24.5 Å². The van der Waals surface area contributed by atoms with Crippen molar-refractivity contribution in [1.82, 2.24) is 10.6 Å². The lowest BCUT2D eigenvalue weighted by Crippen LogP contribution is -2.41. The summed E-state index contributed by atoms with van der Waals surface area (Å²) in [6.45, 7) is 5.74. The summed E-state index contributed by atoms with van der Waals surface area (Å²) in [7, 11) is 0. The van der Waals surface area contributed by atoms with Gasteiger partial charge in [-0.2, -0.15) is 0 Å². The normalized spacial score (nSPS) is 11.6. The van der Waals surface area contributed by atoms with E-state index in [0.717, 1.165) is 70.8 Å². The first-order chi connectivity index (χ1) is 22.4. The van der Waals surface area contributed by atoms with Crippen LogP contribution in [-0.4, -0.2) is 42.9 Å². The van der Waals surface area contributed by atoms with Gasteiger partial charge in [0.2, 0.25) is 11.8 Å². The highest BCUT2D eigenvalue weighted by Crippen LogP contribution is 2.12. The minimum absolute atomic E-state index is 0.0988. The number of nitrogens with one attached hydrogen (secondary N) is 2. The molecule has 0 aliphatic heterocycles. The number of hydrogen-bond acceptors (Lipinski definition) is 5. The number of esters is 1. The summed E-state index contributed by atoms with van der Waals surface area (Å²) < 4.78 is 7.20. The van der Waals surface area contributed by atoms with E-state index in [0.29, 0.717) is 31.4 Å². The Morgan fingerprint density at radius 1 is 0.739 bits per heavy atom. The summed E-state index contributed by atoms with van der Waals surface area (Å²) in [5.41, 5.74) is 5.88. The van der Waals surface area contributed by atoms with E-state index < -0.39 is 11.9 Å². The van der Waals surface area contributed by atoms with Crippen molar-refractivity contribution in [3.8, 4) is 0 Å². The fourth-order valence-corrected chi connectivity index (χ4v) is 5.59. The molecule has 1 atom stereocenters. The summed E-state index contributed by atoms with van der Waals surface area (Å²) in [5.74, 6) is -0.797. The number of pyridine rings is 1. The number of primary amides is 1. The standard InChI is InChI=1S/C37H64N4O5/c1-3-5-6-7-8-9-12-15-18-26-34(42)39-28-21-20-25-33(37(45)46-4-2)40-35(43)27-19-16-13-10-11-14-17-22-29-41-30-23-24-32(31-41)36(38)44/h23-24,30-31,33H,3-22,25-29H2,1-2H3,(H3-,38,39,40,42,43,44)/p+1/t33-/m0/s1. The molecule has 0 spiro atoms. The third-order valence-corrected chi connectivity index (χ3v) is 8.37. The largest absolute Gasteiger partial charge is 0.464 e. The number of ether oxygens (including phenoxy) is 1. The van der Waals surface area contributed by atoms with Gasteiger partial charge in [-0.1, -0.05) is 90.4 Å². The van der Waals surface area contributed by atoms with Crippen molar-refractivity contribution >= 4 is 23.7 Å². The highest BCUT2D eigenvalue weighted by Gasteiger charge is 2.21.